The highest BCUT2D eigenvalue weighted by atomic mass is 16.5. The number of nitrogens with one attached hydrogen (secondary N) is 2. The lowest BCUT2D eigenvalue weighted by atomic mass is 9.95. The number of carboxylic acids is 1. The smallest absolute Gasteiger partial charge is 0.311 e. The molecule has 1 heterocycles. The molecular formula is C13H22N2O5. The van der Waals surface area contributed by atoms with Crippen LogP contribution in [0.1, 0.15) is 27.7 Å². The molecular weight excluding hydrogens is 264 g/mol. The normalized spacial score (nSPS) is 24.0. The topological polar surface area (TPSA) is 105 Å². The number of hydrogen-bond donors (Lipinski definition) is 3. The highest BCUT2D eigenvalue weighted by molar-refractivity contribution is 5.89. The van der Waals surface area contributed by atoms with Gasteiger partial charge in [0.15, 0.2) is 0 Å². The van der Waals surface area contributed by atoms with Gasteiger partial charge in [-0.25, -0.2) is 0 Å². The third-order valence-electron chi connectivity index (χ3n) is 3.15. The van der Waals surface area contributed by atoms with Crippen molar-refractivity contribution in [3.8, 4) is 0 Å². The van der Waals surface area contributed by atoms with E-state index < -0.39 is 35.3 Å². The van der Waals surface area contributed by atoms with Gasteiger partial charge in [-0.1, -0.05) is 20.8 Å². The van der Waals surface area contributed by atoms with E-state index in [-0.39, 0.29) is 19.1 Å². The minimum absolute atomic E-state index is 0.0863. The van der Waals surface area contributed by atoms with Crippen LogP contribution in [-0.4, -0.2) is 48.2 Å². The monoisotopic (exact) mass is 286 g/mol. The molecule has 1 aliphatic heterocycles. The Morgan fingerprint density at radius 2 is 1.85 bits per heavy atom. The molecule has 7 nitrogen and oxygen atoms in total. The largest absolute Gasteiger partial charge is 0.481 e. The molecule has 0 aromatic heterocycles. The summed E-state index contributed by atoms with van der Waals surface area (Å²) in [4.78, 5) is 34.7. The summed E-state index contributed by atoms with van der Waals surface area (Å²) in [6, 6.07) is -1.29. The number of hydrogen-bond acceptors (Lipinski definition) is 4. The van der Waals surface area contributed by atoms with Crippen molar-refractivity contribution in [2.75, 3.05) is 13.2 Å². The molecule has 1 saturated heterocycles. The number of rotatable bonds is 4. The van der Waals surface area contributed by atoms with Crippen LogP contribution in [0.25, 0.3) is 0 Å². The number of amides is 2. The van der Waals surface area contributed by atoms with Gasteiger partial charge in [0.25, 0.3) is 0 Å². The molecule has 1 rings (SSSR count). The molecule has 0 aromatic carbocycles. The van der Waals surface area contributed by atoms with Crippen molar-refractivity contribution in [1.82, 2.24) is 10.6 Å². The van der Waals surface area contributed by atoms with Gasteiger partial charge in [0.05, 0.1) is 19.3 Å². The van der Waals surface area contributed by atoms with Crippen LogP contribution in [0.2, 0.25) is 0 Å². The molecule has 3 atom stereocenters. The fourth-order valence-corrected chi connectivity index (χ4v) is 1.73. The van der Waals surface area contributed by atoms with Crippen molar-refractivity contribution in [2.24, 2.45) is 11.3 Å². The number of carboxylic acid groups (broad SMARTS) is 1. The summed E-state index contributed by atoms with van der Waals surface area (Å²) in [6.45, 7) is 7.06. The number of carbonyl (C=O) groups excluding carboxylic acids is 2. The second-order valence-electron chi connectivity index (χ2n) is 6.04. The number of ether oxygens (including phenoxy) is 1. The van der Waals surface area contributed by atoms with Gasteiger partial charge < -0.3 is 20.5 Å². The van der Waals surface area contributed by atoms with E-state index >= 15 is 0 Å². The maximum atomic E-state index is 12.0. The Hall–Kier alpha value is -1.63. The standard InChI is InChI=1S/C13H22N2O5/c1-7(14-12(19)13(2,3)4)10(16)15-9-6-20-5-8(9)11(17)18/h7-9H,5-6H2,1-4H3,(H,14,19)(H,15,16)(H,17,18). The quantitative estimate of drug-likeness (QED) is 0.661. The van der Waals surface area contributed by atoms with Crippen LogP contribution in [0.4, 0.5) is 0 Å². The molecule has 1 aliphatic rings. The molecule has 2 amide bonds. The average Bonchev–Trinajstić information content (AvgIpc) is 2.75. The summed E-state index contributed by atoms with van der Waals surface area (Å²) in [5.41, 5.74) is -0.589. The lowest BCUT2D eigenvalue weighted by molar-refractivity contribution is -0.142. The molecule has 0 aliphatic carbocycles. The van der Waals surface area contributed by atoms with Gasteiger partial charge in [0.2, 0.25) is 11.8 Å². The Morgan fingerprint density at radius 3 is 2.35 bits per heavy atom. The molecule has 3 N–H and O–H groups in total. The fourth-order valence-electron chi connectivity index (χ4n) is 1.73. The summed E-state index contributed by atoms with van der Waals surface area (Å²) in [6.07, 6.45) is 0. The Morgan fingerprint density at radius 1 is 1.25 bits per heavy atom. The van der Waals surface area contributed by atoms with E-state index in [0.29, 0.717) is 0 Å². The van der Waals surface area contributed by atoms with Crippen molar-refractivity contribution in [2.45, 2.75) is 39.8 Å². The second kappa shape index (κ2) is 6.21. The maximum absolute atomic E-state index is 12.0. The van der Waals surface area contributed by atoms with Crippen molar-refractivity contribution < 1.29 is 24.2 Å². The highest BCUT2D eigenvalue weighted by Crippen LogP contribution is 2.15. The van der Waals surface area contributed by atoms with E-state index in [1.807, 2.05) is 0 Å². The molecule has 7 heteroatoms. The summed E-state index contributed by atoms with van der Waals surface area (Å²) in [7, 11) is 0. The molecule has 20 heavy (non-hydrogen) atoms. The molecule has 0 saturated carbocycles. The zero-order valence-electron chi connectivity index (χ0n) is 12.2. The van der Waals surface area contributed by atoms with Crippen molar-refractivity contribution in [3.63, 3.8) is 0 Å². The first-order chi connectivity index (χ1) is 9.12. The third-order valence-corrected chi connectivity index (χ3v) is 3.15. The van der Waals surface area contributed by atoms with Crippen molar-refractivity contribution in [3.05, 3.63) is 0 Å². The van der Waals surface area contributed by atoms with E-state index in [1.165, 1.54) is 0 Å². The van der Waals surface area contributed by atoms with Crippen LogP contribution in [0.5, 0.6) is 0 Å². The van der Waals surface area contributed by atoms with Gasteiger partial charge in [0, 0.05) is 5.41 Å². The molecule has 3 unspecified atom stereocenters. The van der Waals surface area contributed by atoms with Crippen LogP contribution < -0.4 is 10.6 Å². The van der Waals surface area contributed by atoms with Crippen LogP contribution in [0.3, 0.4) is 0 Å². The zero-order chi connectivity index (χ0) is 15.5. The van der Waals surface area contributed by atoms with Gasteiger partial charge >= 0.3 is 5.97 Å². The predicted molar refractivity (Wildman–Crippen MR) is 70.9 cm³/mol. The van der Waals surface area contributed by atoms with Crippen LogP contribution in [-0.2, 0) is 19.1 Å². The minimum atomic E-state index is -1.00. The van der Waals surface area contributed by atoms with E-state index in [9.17, 15) is 14.4 Å². The van der Waals surface area contributed by atoms with E-state index in [4.69, 9.17) is 9.84 Å². The molecule has 0 spiro atoms. The first kappa shape index (κ1) is 16.4. The Kier molecular flexibility index (Phi) is 5.10. The Balaban J connectivity index is 2.54. The fraction of sp³-hybridized carbons (Fsp3) is 0.769. The lowest BCUT2D eigenvalue weighted by Crippen LogP contribution is -2.52. The third kappa shape index (κ3) is 4.19. The number of aliphatic carboxylic acids is 1. The second-order valence-corrected chi connectivity index (χ2v) is 6.04. The van der Waals surface area contributed by atoms with Gasteiger partial charge in [0.1, 0.15) is 12.0 Å². The van der Waals surface area contributed by atoms with Gasteiger partial charge in [-0.3, -0.25) is 14.4 Å². The van der Waals surface area contributed by atoms with Crippen molar-refractivity contribution >= 4 is 17.8 Å². The summed E-state index contributed by atoms with van der Waals surface area (Å²) < 4.78 is 5.06. The summed E-state index contributed by atoms with van der Waals surface area (Å²) in [5, 5.41) is 14.2. The van der Waals surface area contributed by atoms with Gasteiger partial charge in [-0.15, -0.1) is 0 Å². The number of carbonyl (C=O) groups is 3. The summed E-state index contributed by atoms with van der Waals surface area (Å²) in [5.74, 6) is -2.40. The predicted octanol–water partition coefficient (Wildman–Crippen LogP) is -0.247. The molecule has 114 valence electrons. The van der Waals surface area contributed by atoms with Gasteiger partial charge in [-0.05, 0) is 6.92 Å². The molecule has 1 fully saturated rings. The van der Waals surface area contributed by atoms with Gasteiger partial charge in [-0.2, -0.15) is 0 Å². The first-order valence-corrected chi connectivity index (χ1v) is 6.55. The molecule has 0 aromatic rings. The SMILES string of the molecule is CC(NC(=O)C(C)(C)C)C(=O)NC1COCC1C(=O)O. The van der Waals surface area contributed by atoms with Crippen LogP contribution in [0.15, 0.2) is 0 Å². The Labute approximate surface area is 118 Å². The van der Waals surface area contributed by atoms with Crippen LogP contribution >= 0.6 is 0 Å². The summed E-state index contributed by atoms with van der Waals surface area (Å²) >= 11 is 0. The highest BCUT2D eigenvalue weighted by Gasteiger charge is 2.36. The minimum Gasteiger partial charge on any atom is -0.481 e. The zero-order valence-corrected chi connectivity index (χ0v) is 12.2. The first-order valence-electron chi connectivity index (χ1n) is 6.55. The maximum Gasteiger partial charge on any atom is 0.311 e. The lowest BCUT2D eigenvalue weighted by Gasteiger charge is -2.23. The van der Waals surface area contributed by atoms with E-state index in [1.54, 1.807) is 27.7 Å². The molecule has 0 radical (unpaired) electrons. The van der Waals surface area contributed by atoms with Crippen LogP contribution in [0, 0.1) is 11.3 Å². The average molecular weight is 286 g/mol. The Bertz CT molecular complexity index is 402. The molecule has 0 bridgehead atoms. The van der Waals surface area contributed by atoms with Crippen molar-refractivity contribution in [1.29, 1.82) is 0 Å². The van der Waals surface area contributed by atoms with E-state index in [2.05, 4.69) is 10.6 Å². The van der Waals surface area contributed by atoms with E-state index in [0.717, 1.165) is 0 Å².